The monoisotopic (exact) mass is 673 g/mol. The summed E-state index contributed by atoms with van der Waals surface area (Å²) in [7, 11) is 1.49. The van der Waals surface area contributed by atoms with Crippen LogP contribution in [0, 0.1) is 0 Å². The largest absolute Gasteiger partial charge is 0.495 e. The third-order valence-corrected chi connectivity index (χ3v) is 7.37. The summed E-state index contributed by atoms with van der Waals surface area (Å²) < 4.78 is 64.6. The van der Waals surface area contributed by atoms with Crippen molar-refractivity contribution in [2.45, 2.75) is 38.6 Å². The number of benzene rings is 3. The number of nitrogens with one attached hydrogen (secondary N) is 2. The molecule has 0 fully saturated rings. The average Bonchev–Trinajstić information content (AvgIpc) is 3.46. The molecule has 0 spiro atoms. The summed E-state index contributed by atoms with van der Waals surface area (Å²) in [6.07, 6.45) is -4.64. The van der Waals surface area contributed by atoms with Crippen molar-refractivity contribution >= 4 is 29.3 Å². The zero-order chi connectivity index (χ0) is 34.0. The Labute approximate surface area is 273 Å². The molecule has 4 rings (SSSR count). The van der Waals surface area contributed by atoms with Crippen LogP contribution in [0.1, 0.15) is 42.5 Å². The maximum Gasteiger partial charge on any atom is 0.418 e. The molecule has 0 bridgehead atoms. The van der Waals surface area contributed by atoms with Crippen LogP contribution in [0.15, 0.2) is 65.8 Å². The number of para-hydroxylation sites is 3. The van der Waals surface area contributed by atoms with Crippen LogP contribution in [0.2, 0.25) is 0 Å². The van der Waals surface area contributed by atoms with Crippen LogP contribution in [0.5, 0.6) is 23.0 Å². The summed E-state index contributed by atoms with van der Waals surface area (Å²) in [6, 6.07) is 14.8. The molecular formula is C32H34F3N5O6S. The number of carbonyl (C=O) groups excluding carboxylic acids is 2. The molecule has 1 aromatic heterocycles. The highest BCUT2D eigenvalue weighted by Gasteiger charge is 2.33. The molecule has 3 aromatic carbocycles. The van der Waals surface area contributed by atoms with E-state index in [1.807, 2.05) is 20.8 Å². The van der Waals surface area contributed by atoms with E-state index in [9.17, 15) is 22.8 Å². The van der Waals surface area contributed by atoms with Crippen molar-refractivity contribution in [1.29, 1.82) is 0 Å². The molecule has 0 aliphatic heterocycles. The van der Waals surface area contributed by atoms with Gasteiger partial charge in [-0.3, -0.25) is 14.2 Å². The minimum atomic E-state index is -4.64. The van der Waals surface area contributed by atoms with E-state index >= 15 is 0 Å². The van der Waals surface area contributed by atoms with Gasteiger partial charge in [0.25, 0.3) is 5.91 Å². The second kappa shape index (κ2) is 16.1. The van der Waals surface area contributed by atoms with Gasteiger partial charge in [0, 0.05) is 5.56 Å². The minimum absolute atomic E-state index is 0.0866. The molecule has 0 saturated carbocycles. The molecule has 0 aliphatic rings. The Morgan fingerprint density at radius 2 is 1.51 bits per heavy atom. The van der Waals surface area contributed by atoms with E-state index in [1.54, 1.807) is 41.0 Å². The SMILES string of the molecule is CCOc1cc(C(=O)NCc2nnc(SCC(=O)Nc3ccccc3C(F)(F)F)n2-c2ccccc2OC)cc(OCC)c1OCC. The molecule has 0 aliphatic carbocycles. The number of alkyl halides is 3. The number of rotatable bonds is 15. The molecule has 15 heteroatoms. The van der Waals surface area contributed by atoms with Gasteiger partial charge in [-0.05, 0) is 57.2 Å². The Balaban J connectivity index is 1.59. The van der Waals surface area contributed by atoms with Crippen molar-refractivity contribution in [3.63, 3.8) is 0 Å². The number of carbonyl (C=O) groups is 2. The third-order valence-electron chi connectivity index (χ3n) is 6.44. The molecule has 0 radical (unpaired) electrons. The van der Waals surface area contributed by atoms with Crippen molar-refractivity contribution in [2.75, 3.05) is 38.0 Å². The van der Waals surface area contributed by atoms with Crippen LogP contribution in [0.25, 0.3) is 5.69 Å². The van der Waals surface area contributed by atoms with E-state index in [0.29, 0.717) is 54.3 Å². The smallest absolute Gasteiger partial charge is 0.418 e. The number of amides is 2. The average molecular weight is 674 g/mol. The lowest BCUT2D eigenvalue weighted by molar-refractivity contribution is -0.137. The van der Waals surface area contributed by atoms with E-state index in [4.69, 9.17) is 18.9 Å². The number of aromatic nitrogens is 3. The maximum atomic E-state index is 13.4. The van der Waals surface area contributed by atoms with E-state index in [-0.39, 0.29) is 28.7 Å². The van der Waals surface area contributed by atoms with Gasteiger partial charge in [-0.2, -0.15) is 13.2 Å². The lowest BCUT2D eigenvalue weighted by Gasteiger charge is -2.17. The first kappa shape index (κ1) is 34.9. The number of hydrogen-bond donors (Lipinski definition) is 2. The Bertz CT molecular complexity index is 1670. The number of nitrogens with zero attached hydrogens (tertiary/aromatic N) is 3. The van der Waals surface area contributed by atoms with Crippen LogP contribution < -0.4 is 29.6 Å². The van der Waals surface area contributed by atoms with Gasteiger partial charge < -0.3 is 29.6 Å². The Morgan fingerprint density at radius 1 is 0.872 bits per heavy atom. The van der Waals surface area contributed by atoms with Gasteiger partial charge in [0.05, 0.1) is 56.2 Å². The Kier molecular flexibility index (Phi) is 11.9. The highest BCUT2D eigenvalue weighted by atomic mass is 32.2. The quantitative estimate of drug-likeness (QED) is 0.143. The number of thioether (sulfide) groups is 1. The second-order valence-corrected chi connectivity index (χ2v) is 10.5. The van der Waals surface area contributed by atoms with Crippen molar-refractivity contribution in [2.24, 2.45) is 0 Å². The van der Waals surface area contributed by atoms with Gasteiger partial charge in [0.15, 0.2) is 22.5 Å². The predicted molar refractivity (Wildman–Crippen MR) is 170 cm³/mol. The van der Waals surface area contributed by atoms with Crippen molar-refractivity contribution < 1.29 is 41.7 Å². The van der Waals surface area contributed by atoms with Crippen molar-refractivity contribution in [1.82, 2.24) is 20.1 Å². The molecular weight excluding hydrogens is 639 g/mol. The first-order chi connectivity index (χ1) is 22.6. The molecule has 0 unspecified atom stereocenters. The molecule has 4 aromatic rings. The molecule has 1 heterocycles. The summed E-state index contributed by atoms with van der Waals surface area (Å²) in [5.41, 5.74) is -0.528. The summed E-state index contributed by atoms with van der Waals surface area (Å²) in [5.74, 6) is 0.460. The number of ether oxygens (including phenoxy) is 4. The number of anilines is 1. The minimum Gasteiger partial charge on any atom is -0.495 e. The molecule has 2 amide bonds. The number of halogens is 3. The fourth-order valence-corrected chi connectivity index (χ4v) is 5.27. The third kappa shape index (κ3) is 8.67. The Morgan fingerprint density at radius 3 is 2.15 bits per heavy atom. The first-order valence-corrected chi connectivity index (χ1v) is 15.6. The fourth-order valence-electron chi connectivity index (χ4n) is 4.50. The van der Waals surface area contributed by atoms with Gasteiger partial charge in [0.1, 0.15) is 5.75 Å². The molecule has 250 valence electrons. The van der Waals surface area contributed by atoms with E-state index in [2.05, 4.69) is 20.8 Å². The van der Waals surface area contributed by atoms with Gasteiger partial charge in [0.2, 0.25) is 11.7 Å². The van der Waals surface area contributed by atoms with Crippen LogP contribution in [0.4, 0.5) is 18.9 Å². The zero-order valence-corrected chi connectivity index (χ0v) is 27.0. The topological polar surface area (TPSA) is 126 Å². The number of hydrogen-bond acceptors (Lipinski definition) is 9. The normalized spacial score (nSPS) is 11.1. The van der Waals surface area contributed by atoms with Gasteiger partial charge in [-0.25, -0.2) is 0 Å². The first-order valence-electron chi connectivity index (χ1n) is 14.6. The summed E-state index contributed by atoms with van der Waals surface area (Å²) >= 11 is 0.955. The standard InChI is InChI=1S/C32H34F3N5O6S/c1-5-44-25-16-20(17-26(45-6-2)29(25)46-7-3)30(42)36-18-27-38-39-31(40(27)23-14-10-11-15-24(23)43-4)47-19-28(41)37-22-13-9-8-12-21(22)32(33,34)35/h8-17H,5-7,18-19H2,1-4H3,(H,36,42)(H,37,41). The van der Waals surface area contributed by atoms with Crippen LogP contribution in [0.3, 0.4) is 0 Å². The predicted octanol–water partition coefficient (Wildman–Crippen LogP) is 6.15. The van der Waals surface area contributed by atoms with Crippen LogP contribution in [-0.4, -0.2) is 59.3 Å². The summed E-state index contributed by atoms with van der Waals surface area (Å²) in [4.78, 5) is 26.1. The Hall–Kier alpha value is -4.92. The lowest BCUT2D eigenvalue weighted by Crippen LogP contribution is -2.25. The molecule has 2 N–H and O–H groups in total. The van der Waals surface area contributed by atoms with Crippen LogP contribution >= 0.6 is 11.8 Å². The summed E-state index contributed by atoms with van der Waals surface area (Å²) in [5, 5.41) is 13.9. The highest BCUT2D eigenvalue weighted by Crippen LogP contribution is 2.39. The van der Waals surface area contributed by atoms with Crippen molar-refractivity contribution in [3.8, 4) is 28.7 Å². The molecule has 0 saturated heterocycles. The van der Waals surface area contributed by atoms with Crippen molar-refractivity contribution in [3.05, 3.63) is 77.6 Å². The maximum absolute atomic E-state index is 13.4. The van der Waals surface area contributed by atoms with E-state index in [0.717, 1.165) is 17.8 Å². The molecule has 0 atom stereocenters. The van der Waals surface area contributed by atoms with E-state index < -0.39 is 23.6 Å². The summed E-state index contributed by atoms with van der Waals surface area (Å²) in [6.45, 7) is 6.42. The van der Waals surface area contributed by atoms with Gasteiger partial charge in [-0.1, -0.05) is 36.0 Å². The van der Waals surface area contributed by atoms with Gasteiger partial charge >= 0.3 is 6.18 Å². The molecule has 11 nitrogen and oxygen atoms in total. The lowest BCUT2D eigenvalue weighted by atomic mass is 10.1. The fraction of sp³-hybridized carbons (Fsp3) is 0.312. The highest BCUT2D eigenvalue weighted by molar-refractivity contribution is 7.99. The molecule has 47 heavy (non-hydrogen) atoms. The van der Waals surface area contributed by atoms with Gasteiger partial charge in [-0.15, -0.1) is 10.2 Å². The second-order valence-electron chi connectivity index (χ2n) is 9.57. The van der Waals surface area contributed by atoms with E-state index in [1.165, 1.54) is 25.3 Å². The number of methoxy groups -OCH3 is 1. The van der Waals surface area contributed by atoms with Crippen LogP contribution in [-0.2, 0) is 17.5 Å². The zero-order valence-electron chi connectivity index (χ0n) is 26.1.